The zero-order chi connectivity index (χ0) is 17.4. The lowest BCUT2D eigenvalue weighted by Gasteiger charge is -2.08. The predicted octanol–water partition coefficient (Wildman–Crippen LogP) is 2.02. The highest BCUT2D eigenvalue weighted by atomic mass is 32.1. The number of nitrogens with one attached hydrogen (secondary N) is 2. The molecule has 1 aliphatic rings. The molecule has 0 saturated heterocycles. The van der Waals surface area contributed by atoms with E-state index in [1.807, 2.05) is 24.4 Å². The van der Waals surface area contributed by atoms with Crippen LogP contribution in [0.25, 0.3) is 11.0 Å². The molecule has 0 aliphatic heterocycles. The summed E-state index contributed by atoms with van der Waals surface area (Å²) >= 11 is 1.65. The van der Waals surface area contributed by atoms with Gasteiger partial charge in [0, 0.05) is 16.5 Å². The van der Waals surface area contributed by atoms with Crippen molar-refractivity contribution in [2.24, 2.45) is 5.92 Å². The molecule has 1 aliphatic carbocycles. The summed E-state index contributed by atoms with van der Waals surface area (Å²) in [6, 6.07) is 5.74. The molecule has 7 nitrogen and oxygen atoms in total. The van der Waals surface area contributed by atoms with Crippen molar-refractivity contribution < 1.29 is 9.59 Å². The molecule has 2 N–H and O–H groups in total. The first-order valence-corrected chi connectivity index (χ1v) is 8.95. The highest BCUT2D eigenvalue weighted by Crippen LogP contribution is 2.28. The van der Waals surface area contributed by atoms with E-state index < -0.39 is 0 Å². The quantitative estimate of drug-likeness (QED) is 0.701. The van der Waals surface area contributed by atoms with Crippen LogP contribution < -0.4 is 10.9 Å². The van der Waals surface area contributed by atoms with Crippen LogP contribution in [-0.2, 0) is 11.3 Å². The Kier molecular flexibility index (Phi) is 3.96. The van der Waals surface area contributed by atoms with Gasteiger partial charge >= 0.3 is 0 Å². The number of amides is 2. The fourth-order valence-corrected chi connectivity index (χ4v) is 3.35. The lowest BCUT2D eigenvalue weighted by Crippen LogP contribution is -2.42. The zero-order valence-electron chi connectivity index (χ0n) is 13.7. The number of carbonyl (C=O) groups excluding carboxylic acids is 2. The van der Waals surface area contributed by atoms with Crippen LogP contribution in [0, 0.1) is 12.8 Å². The van der Waals surface area contributed by atoms with Gasteiger partial charge in [0.1, 0.15) is 0 Å². The summed E-state index contributed by atoms with van der Waals surface area (Å²) in [5.41, 5.74) is 6.81. The fourth-order valence-electron chi connectivity index (χ4n) is 2.66. The van der Waals surface area contributed by atoms with Crippen LogP contribution in [0.1, 0.15) is 33.8 Å². The SMILES string of the molecule is Cc1cc(C(=O)NNC(=O)C2CC2)c2cnn(Cc3cccs3)c2n1. The summed E-state index contributed by atoms with van der Waals surface area (Å²) in [7, 11) is 0. The number of thiophene rings is 1. The molecule has 3 aromatic heterocycles. The molecule has 3 heterocycles. The number of fused-ring (bicyclic) bond motifs is 1. The van der Waals surface area contributed by atoms with Gasteiger partial charge in [-0.15, -0.1) is 11.3 Å². The van der Waals surface area contributed by atoms with Gasteiger partial charge in [0.25, 0.3) is 5.91 Å². The maximum atomic E-state index is 12.5. The number of hydrogen-bond donors (Lipinski definition) is 2. The molecule has 1 saturated carbocycles. The molecule has 3 aromatic rings. The molecule has 0 radical (unpaired) electrons. The Morgan fingerprint density at radius 1 is 1.36 bits per heavy atom. The minimum Gasteiger partial charge on any atom is -0.273 e. The molecule has 128 valence electrons. The van der Waals surface area contributed by atoms with Crippen molar-refractivity contribution in [2.45, 2.75) is 26.3 Å². The molecule has 1 fully saturated rings. The Bertz CT molecular complexity index is 944. The van der Waals surface area contributed by atoms with Crippen LogP contribution in [0.3, 0.4) is 0 Å². The van der Waals surface area contributed by atoms with Crippen LogP contribution in [0.5, 0.6) is 0 Å². The average Bonchev–Trinajstić information content (AvgIpc) is 3.20. The molecule has 8 heteroatoms. The molecule has 2 amide bonds. The Balaban J connectivity index is 1.61. The van der Waals surface area contributed by atoms with Gasteiger partial charge in [-0.25, -0.2) is 9.67 Å². The molecular weight excluding hydrogens is 338 g/mol. The summed E-state index contributed by atoms with van der Waals surface area (Å²) in [6.45, 7) is 2.44. The van der Waals surface area contributed by atoms with Crippen LogP contribution in [0.15, 0.2) is 29.8 Å². The van der Waals surface area contributed by atoms with E-state index in [0.717, 1.165) is 23.4 Å². The number of aryl methyl sites for hydroxylation is 1. The number of nitrogens with zero attached hydrogens (tertiary/aromatic N) is 3. The Morgan fingerprint density at radius 2 is 2.20 bits per heavy atom. The maximum absolute atomic E-state index is 12.5. The number of aromatic nitrogens is 3. The third-order valence-corrected chi connectivity index (χ3v) is 4.98. The van der Waals surface area contributed by atoms with E-state index in [2.05, 4.69) is 20.9 Å². The van der Waals surface area contributed by atoms with Gasteiger partial charge in [0.2, 0.25) is 5.91 Å². The van der Waals surface area contributed by atoms with E-state index in [0.29, 0.717) is 23.1 Å². The summed E-state index contributed by atoms with van der Waals surface area (Å²) < 4.78 is 1.79. The van der Waals surface area contributed by atoms with Gasteiger partial charge in [-0.3, -0.25) is 20.4 Å². The number of carbonyl (C=O) groups is 2. The smallest absolute Gasteiger partial charge is 0.270 e. The second-order valence-corrected chi connectivity index (χ2v) is 7.18. The summed E-state index contributed by atoms with van der Waals surface area (Å²) in [5.74, 6) is -0.461. The summed E-state index contributed by atoms with van der Waals surface area (Å²) in [4.78, 5) is 29.9. The highest BCUT2D eigenvalue weighted by molar-refractivity contribution is 7.09. The molecule has 0 aromatic carbocycles. The number of hydrogen-bond acceptors (Lipinski definition) is 5. The Morgan fingerprint density at radius 3 is 2.92 bits per heavy atom. The van der Waals surface area contributed by atoms with Crippen molar-refractivity contribution in [1.29, 1.82) is 0 Å². The summed E-state index contributed by atoms with van der Waals surface area (Å²) in [5, 5.41) is 7.06. The van der Waals surface area contributed by atoms with Crippen molar-refractivity contribution in [2.75, 3.05) is 0 Å². The van der Waals surface area contributed by atoms with E-state index in [-0.39, 0.29) is 17.7 Å². The first-order chi connectivity index (χ1) is 12.1. The van der Waals surface area contributed by atoms with Crippen molar-refractivity contribution in [3.05, 3.63) is 45.9 Å². The second kappa shape index (κ2) is 6.29. The van der Waals surface area contributed by atoms with Gasteiger partial charge in [-0.2, -0.15) is 5.10 Å². The molecule has 4 rings (SSSR count). The van der Waals surface area contributed by atoms with Crippen LogP contribution in [-0.4, -0.2) is 26.6 Å². The van der Waals surface area contributed by atoms with Crippen molar-refractivity contribution in [1.82, 2.24) is 25.6 Å². The van der Waals surface area contributed by atoms with Gasteiger partial charge in [-0.1, -0.05) is 6.07 Å². The lowest BCUT2D eigenvalue weighted by atomic mass is 10.1. The van der Waals surface area contributed by atoms with E-state index in [1.54, 1.807) is 28.3 Å². The van der Waals surface area contributed by atoms with Gasteiger partial charge in [0.05, 0.1) is 23.7 Å². The normalized spacial score (nSPS) is 13.8. The van der Waals surface area contributed by atoms with Crippen LogP contribution in [0.4, 0.5) is 0 Å². The van der Waals surface area contributed by atoms with Crippen LogP contribution in [0.2, 0.25) is 0 Å². The largest absolute Gasteiger partial charge is 0.273 e. The molecule has 25 heavy (non-hydrogen) atoms. The van der Waals surface area contributed by atoms with Gasteiger partial charge < -0.3 is 0 Å². The van der Waals surface area contributed by atoms with Crippen molar-refractivity contribution in [3.63, 3.8) is 0 Å². The second-order valence-electron chi connectivity index (χ2n) is 6.15. The predicted molar refractivity (Wildman–Crippen MR) is 94.0 cm³/mol. The molecule has 0 atom stereocenters. The first kappa shape index (κ1) is 15.8. The first-order valence-electron chi connectivity index (χ1n) is 8.07. The maximum Gasteiger partial charge on any atom is 0.270 e. The van der Waals surface area contributed by atoms with Crippen molar-refractivity contribution >= 4 is 34.2 Å². The summed E-state index contributed by atoms with van der Waals surface area (Å²) in [6.07, 6.45) is 3.42. The third-order valence-electron chi connectivity index (χ3n) is 4.11. The van der Waals surface area contributed by atoms with Gasteiger partial charge in [-0.05, 0) is 37.3 Å². The van der Waals surface area contributed by atoms with Crippen molar-refractivity contribution in [3.8, 4) is 0 Å². The highest BCUT2D eigenvalue weighted by Gasteiger charge is 2.30. The molecule has 0 bridgehead atoms. The Hall–Kier alpha value is -2.74. The molecular formula is C17H17N5O2S. The van der Waals surface area contributed by atoms with E-state index in [4.69, 9.17) is 0 Å². The third kappa shape index (κ3) is 3.25. The number of pyridine rings is 1. The Labute approximate surface area is 148 Å². The minimum absolute atomic E-state index is 0.0352. The molecule has 0 spiro atoms. The number of hydrazine groups is 1. The topological polar surface area (TPSA) is 88.9 Å². The van der Waals surface area contributed by atoms with E-state index in [9.17, 15) is 9.59 Å². The van der Waals surface area contributed by atoms with E-state index >= 15 is 0 Å². The standard InChI is InChI=1S/C17H17N5O2S/c1-10-7-13(17(24)21-20-16(23)11-4-5-11)14-8-18-22(15(14)19-10)9-12-3-2-6-25-12/h2-3,6-8,11H,4-5,9H2,1H3,(H,20,23)(H,21,24). The van der Waals surface area contributed by atoms with Crippen LogP contribution >= 0.6 is 11.3 Å². The van der Waals surface area contributed by atoms with E-state index in [1.165, 1.54) is 0 Å². The lowest BCUT2D eigenvalue weighted by molar-refractivity contribution is -0.123. The molecule has 0 unspecified atom stereocenters. The minimum atomic E-state index is -0.361. The zero-order valence-corrected chi connectivity index (χ0v) is 14.5. The van der Waals surface area contributed by atoms with Gasteiger partial charge in [0.15, 0.2) is 5.65 Å². The monoisotopic (exact) mass is 355 g/mol. The fraction of sp³-hybridized carbons (Fsp3) is 0.294. The number of rotatable bonds is 4. The average molecular weight is 355 g/mol.